The minimum atomic E-state index is -2.96. The largest absolute Gasteiger partial charge is 0.417 e. The van der Waals surface area contributed by atoms with Gasteiger partial charge in [0.15, 0.2) is 22.8 Å². The van der Waals surface area contributed by atoms with Gasteiger partial charge in [-0.05, 0) is 25.7 Å². The number of aromatic amines is 1. The van der Waals surface area contributed by atoms with E-state index in [4.69, 9.17) is 4.74 Å². The van der Waals surface area contributed by atoms with E-state index in [9.17, 15) is 13.2 Å². The van der Waals surface area contributed by atoms with Gasteiger partial charge in [-0.15, -0.1) is 5.10 Å². The maximum Gasteiger partial charge on any atom is 0.388 e. The molecule has 0 radical (unpaired) electrons. The van der Waals surface area contributed by atoms with Crippen molar-refractivity contribution in [2.75, 3.05) is 18.5 Å². The van der Waals surface area contributed by atoms with Gasteiger partial charge in [0, 0.05) is 19.3 Å². The Morgan fingerprint density at radius 3 is 2.86 bits per heavy atom. The zero-order valence-corrected chi connectivity index (χ0v) is 14.9. The number of H-pyrrole nitrogens is 1. The molecule has 9 nitrogen and oxygen atoms in total. The van der Waals surface area contributed by atoms with Gasteiger partial charge in [-0.1, -0.05) is 0 Å². The Labute approximate surface area is 157 Å². The summed E-state index contributed by atoms with van der Waals surface area (Å²) in [5, 5.41) is 12.9. The highest BCUT2D eigenvalue weighted by atomic mass is 19.3. The fourth-order valence-electron chi connectivity index (χ4n) is 3.27. The smallest absolute Gasteiger partial charge is 0.388 e. The molecular weight excluding hydrogens is 379 g/mol. The van der Waals surface area contributed by atoms with Crippen molar-refractivity contribution in [1.29, 1.82) is 0 Å². The molecule has 2 N–H and O–H groups in total. The number of alkyl halides is 2. The van der Waals surface area contributed by atoms with Crippen LogP contribution in [0.3, 0.4) is 0 Å². The summed E-state index contributed by atoms with van der Waals surface area (Å²) in [5.41, 5.74) is 0.356. The first kappa shape index (κ1) is 18.5. The lowest BCUT2D eigenvalue weighted by molar-refractivity contribution is -0.0528. The number of fused-ring (bicyclic) bond motifs is 1. The summed E-state index contributed by atoms with van der Waals surface area (Å²) in [5.74, 6) is -0.137. The molecule has 4 rings (SSSR count). The Kier molecular flexibility index (Phi) is 5.03. The van der Waals surface area contributed by atoms with Gasteiger partial charge in [0.25, 0.3) is 5.95 Å². The average molecular weight is 397 g/mol. The van der Waals surface area contributed by atoms with Crippen molar-refractivity contribution in [3.8, 4) is 5.88 Å². The first-order chi connectivity index (χ1) is 13.5. The van der Waals surface area contributed by atoms with Crippen LogP contribution in [0.5, 0.6) is 5.88 Å². The van der Waals surface area contributed by atoms with E-state index in [2.05, 4.69) is 35.3 Å². The molecule has 0 bridgehead atoms. The number of ether oxygens (including phenoxy) is 2. The standard InChI is InChI=1S/C16H18F3N7O2/c1-8(9-2-4-27-5-3-9)26-15-13(14(17)25-26)20-7-11(22-15)21-10-6-12(24-23-10)28-16(18)19/h6-9,16H,2-5H2,1H3,(H2,21,22,23,24)/t8-/m0/s1. The summed E-state index contributed by atoms with van der Waals surface area (Å²) in [4.78, 5) is 8.47. The first-order valence-electron chi connectivity index (χ1n) is 8.77. The van der Waals surface area contributed by atoms with Crippen LogP contribution in [-0.2, 0) is 4.74 Å². The number of hydrogen-bond acceptors (Lipinski definition) is 7. The summed E-state index contributed by atoms with van der Waals surface area (Å²) in [6.45, 7) is 0.327. The van der Waals surface area contributed by atoms with Gasteiger partial charge in [0.1, 0.15) is 0 Å². The second-order valence-corrected chi connectivity index (χ2v) is 6.47. The normalized spacial score (nSPS) is 16.6. The van der Waals surface area contributed by atoms with Gasteiger partial charge in [0.05, 0.1) is 12.2 Å². The summed E-state index contributed by atoms with van der Waals surface area (Å²) in [6.07, 6.45) is 3.03. The molecule has 4 heterocycles. The SMILES string of the molecule is C[C@@H](C1CCOCC1)n1nc(F)c2ncc(Nc3cc(OC(F)F)[nH]n3)nc21. The molecule has 3 aromatic rings. The van der Waals surface area contributed by atoms with E-state index in [-0.39, 0.29) is 35.0 Å². The molecule has 0 saturated carbocycles. The third-order valence-electron chi connectivity index (χ3n) is 4.72. The fraction of sp³-hybridized carbons (Fsp3) is 0.500. The van der Waals surface area contributed by atoms with Crippen LogP contribution >= 0.6 is 0 Å². The van der Waals surface area contributed by atoms with Gasteiger partial charge < -0.3 is 14.8 Å². The lowest BCUT2D eigenvalue weighted by atomic mass is 9.93. The van der Waals surface area contributed by atoms with Crippen LogP contribution in [0, 0.1) is 11.9 Å². The van der Waals surface area contributed by atoms with Gasteiger partial charge in [0.2, 0.25) is 5.88 Å². The average Bonchev–Trinajstić information content (AvgIpc) is 3.25. The van der Waals surface area contributed by atoms with Crippen LogP contribution in [0.25, 0.3) is 11.2 Å². The number of nitrogens with zero attached hydrogens (tertiary/aromatic N) is 5. The van der Waals surface area contributed by atoms with Crippen molar-refractivity contribution in [1.82, 2.24) is 29.9 Å². The lowest BCUT2D eigenvalue weighted by Gasteiger charge is -2.27. The van der Waals surface area contributed by atoms with Gasteiger partial charge >= 0.3 is 6.61 Å². The van der Waals surface area contributed by atoms with Crippen molar-refractivity contribution in [3.05, 3.63) is 18.2 Å². The van der Waals surface area contributed by atoms with Gasteiger partial charge in [-0.3, -0.25) is 0 Å². The monoisotopic (exact) mass is 397 g/mol. The predicted octanol–water partition coefficient (Wildman–Crippen LogP) is 3.02. The Morgan fingerprint density at radius 2 is 2.11 bits per heavy atom. The van der Waals surface area contributed by atoms with E-state index in [0.717, 1.165) is 12.8 Å². The van der Waals surface area contributed by atoms with E-state index >= 15 is 0 Å². The van der Waals surface area contributed by atoms with Crippen molar-refractivity contribution >= 4 is 22.8 Å². The van der Waals surface area contributed by atoms with E-state index in [1.165, 1.54) is 16.9 Å². The fourth-order valence-corrected chi connectivity index (χ4v) is 3.27. The zero-order chi connectivity index (χ0) is 19.7. The Bertz CT molecular complexity index is 955. The van der Waals surface area contributed by atoms with Crippen LogP contribution in [-0.4, -0.2) is 49.8 Å². The van der Waals surface area contributed by atoms with Crippen LogP contribution in [0.4, 0.5) is 24.8 Å². The summed E-state index contributed by atoms with van der Waals surface area (Å²) in [7, 11) is 0. The second-order valence-electron chi connectivity index (χ2n) is 6.47. The summed E-state index contributed by atoms with van der Waals surface area (Å²) >= 11 is 0. The zero-order valence-electron chi connectivity index (χ0n) is 14.9. The highest BCUT2D eigenvalue weighted by Gasteiger charge is 2.26. The van der Waals surface area contributed by atoms with Gasteiger partial charge in [-0.25, -0.2) is 19.7 Å². The summed E-state index contributed by atoms with van der Waals surface area (Å²) < 4.78 is 49.9. The Balaban J connectivity index is 1.59. The number of anilines is 2. The van der Waals surface area contributed by atoms with Crippen LogP contribution in [0.1, 0.15) is 25.8 Å². The molecule has 0 spiro atoms. The topological polar surface area (TPSA) is 103 Å². The number of aromatic nitrogens is 6. The highest BCUT2D eigenvalue weighted by molar-refractivity contribution is 5.72. The molecule has 28 heavy (non-hydrogen) atoms. The highest BCUT2D eigenvalue weighted by Crippen LogP contribution is 2.30. The number of halogens is 3. The molecule has 0 unspecified atom stereocenters. The molecule has 1 aliphatic rings. The minimum Gasteiger partial charge on any atom is -0.417 e. The molecular formula is C16H18F3N7O2. The minimum absolute atomic E-state index is 0.0632. The molecule has 0 aromatic carbocycles. The maximum absolute atomic E-state index is 14.2. The third-order valence-corrected chi connectivity index (χ3v) is 4.72. The molecule has 1 saturated heterocycles. The van der Waals surface area contributed by atoms with Crippen LogP contribution in [0.2, 0.25) is 0 Å². The Hall–Kier alpha value is -2.89. The summed E-state index contributed by atoms with van der Waals surface area (Å²) in [6, 6.07) is 1.16. The number of hydrogen-bond donors (Lipinski definition) is 2. The van der Waals surface area contributed by atoms with Crippen LogP contribution < -0.4 is 10.1 Å². The predicted molar refractivity (Wildman–Crippen MR) is 92.0 cm³/mol. The second kappa shape index (κ2) is 7.62. The van der Waals surface area contributed by atoms with E-state index < -0.39 is 12.6 Å². The molecule has 12 heteroatoms. The molecule has 150 valence electrons. The maximum atomic E-state index is 14.2. The quantitative estimate of drug-likeness (QED) is 0.659. The van der Waals surface area contributed by atoms with Crippen molar-refractivity contribution in [2.24, 2.45) is 5.92 Å². The van der Waals surface area contributed by atoms with Crippen molar-refractivity contribution < 1.29 is 22.6 Å². The lowest BCUT2D eigenvalue weighted by Crippen LogP contribution is -2.25. The van der Waals surface area contributed by atoms with Crippen molar-refractivity contribution in [3.63, 3.8) is 0 Å². The number of rotatable bonds is 6. The first-order valence-corrected chi connectivity index (χ1v) is 8.77. The molecule has 1 fully saturated rings. The molecule has 0 amide bonds. The van der Waals surface area contributed by atoms with E-state index in [1.807, 2.05) is 6.92 Å². The molecule has 1 atom stereocenters. The number of nitrogens with one attached hydrogen (secondary N) is 2. The van der Waals surface area contributed by atoms with Crippen LogP contribution in [0.15, 0.2) is 12.3 Å². The molecule has 1 aliphatic heterocycles. The van der Waals surface area contributed by atoms with Crippen molar-refractivity contribution in [2.45, 2.75) is 32.4 Å². The third kappa shape index (κ3) is 3.72. The molecule has 0 aliphatic carbocycles. The van der Waals surface area contributed by atoms with Gasteiger partial charge in [-0.2, -0.15) is 18.3 Å². The molecule has 3 aromatic heterocycles. The Morgan fingerprint density at radius 1 is 1.32 bits per heavy atom. The van der Waals surface area contributed by atoms with E-state index in [0.29, 0.717) is 18.9 Å². The van der Waals surface area contributed by atoms with E-state index in [1.54, 1.807) is 0 Å².